The van der Waals surface area contributed by atoms with Crippen molar-refractivity contribution in [3.05, 3.63) is 60.4 Å². The molecule has 0 atom stereocenters. The minimum absolute atomic E-state index is 0.172. The number of benzene rings is 1. The van der Waals surface area contributed by atoms with E-state index in [1.165, 1.54) is 19.3 Å². The molecule has 1 aliphatic rings. The van der Waals surface area contributed by atoms with E-state index in [9.17, 15) is 4.79 Å². The second-order valence-corrected chi connectivity index (χ2v) is 6.69. The lowest BCUT2D eigenvalue weighted by Crippen LogP contribution is -2.18. The molecule has 2 aromatic heterocycles. The Kier molecular flexibility index (Phi) is 4.78. The first kappa shape index (κ1) is 16.5. The summed E-state index contributed by atoms with van der Waals surface area (Å²) < 4.78 is 2.21. The van der Waals surface area contributed by atoms with Crippen LogP contribution in [0.15, 0.2) is 54.9 Å². The molecular weight excluding hydrogens is 324 g/mol. The molecule has 0 aliphatic heterocycles. The molecule has 1 aliphatic carbocycles. The summed E-state index contributed by atoms with van der Waals surface area (Å²) in [6.45, 7) is 0. The summed E-state index contributed by atoms with van der Waals surface area (Å²) in [4.78, 5) is 21.1. The minimum Gasteiger partial charge on any atom is -0.307 e. The fraction of sp³-hybridized carbons (Fsp3) is 0.286. The molecule has 1 saturated carbocycles. The number of amides is 1. The monoisotopic (exact) mass is 346 g/mol. The largest absolute Gasteiger partial charge is 0.307 e. The molecule has 5 nitrogen and oxygen atoms in total. The molecule has 1 fully saturated rings. The molecule has 5 heteroatoms. The molecular formula is C21H22N4O. The molecule has 1 amide bonds. The van der Waals surface area contributed by atoms with E-state index >= 15 is 0 Å². The number of fused-ring (bicyclic) bond motifs is 1. The zero-order valence-electron chi connectivity index (χ0n) is 14.6. The van der Waals surface area contributed by atoms with Gasteiger partial charge in [0.2, 0.25) is 5.95 Å². The number of carbonyl (C=O) groups excluding carboxylic acids is 1. The number of imidazole rings is 1. The third-order valence-electron chi connectivity index (χ3n) is 4.90. The number of pyridine rings is 1. The molecule has 3 aromatic rings. The lowest BCUT2D eigenvalue weighted by Gasteiger charge is -2.25. The fourth-order valence-electron chi connectivity index (χ4n) is 3.64. The highest BCUT2D eigenvalue weighted by Gasteiger charge is 2.21. The van der Waals surface area contributed by atoms with Crippen LogP contribution in [0.5, 0.6) is 0 Å². The van der Waals surface area contributed by atoms with Gasteiger partial charge in [-0.15, -0.1) is 0 Å². The van der Waals surface area contributed by atoms with Crippen molar-refractivity contribution in [1.29, 1.82) is 0 Å². The Morgan fingerprint density at radius 2 is 1.85 bits per heavy atom. The number of nitrogens with zero attached hydrogens (tertiary/aromatic N) is 3. The van der Waals surface area contributed by atoms with Crippen molar-refractivity contribution >= 4 is 29.0 Å². The van der Waals surface area contributed by atoms with Gasteiger partial charge in [0.05, 0.1) is 11.0 Å². The van der Waals surface area contributed by atoms with Crippen LogP contribution in [0.4, 0.5) is 5.95 Å². The Bertz CT molecular complexity index is 924. The molecule has 1 aromatic carbocycles. The molecule has 1 N–H and O–H groups in total. The first-order valence-corrected chi connectivity index (χ1v) is 9.17. The molecule has 0 unspecified atom stereocenters. The summed E-state index contributed by atoms with van der Waals surface area (Å²) in [5, 5.41) is 2.98. The Balaban J connectivity index is 1.61. The topological polar surface area (TPSA) is 59.8 Å². The normalized spacial score (nSPS) is 15.5. The summed E-state index contributed by atoms with van der Waals surface area (Å²) in [5.41, 5.74) is 2.95. The lowest BCUT2D eigenvalue weighted by atomic mass is 9.95. The van der Waals surface area contributed by atoms with Gasteiger partial charge in [0, 0.05) is 24.5 Å². The third-order valence-corrected chi connectivity index (χ3v) is 4.90. The van der Waals surface area contributed by atoms with Gasteiger partial charge in [-0.1, -0.05) is 31.4 Å². The molecule has 0 radical (unpaired) electrons. The molecule has 2 heterocycles. The average molecular weight is 346 g/mol. The number of hydrogen-bond donors (Lipinski definition) is 1. The van der Waals surface area contributed by atoms with Crippen LogP contribution in [0, 0.1) is 0 Å². The quantitative estimate of drug-likeness (QED) is 0.703. The number of aromatic nitrogens is 3. The van der Waals surface area contributed by atoms with Gasteiger partial charge in [0.1, 0.15) is 0 Å². The van der Waals surface area contributed by atoms with Crippen LogP contribution in [0.25, 0.3) is 17.1 Å². The zero-order chi connectivity index (χ0) is 17.8. The first-order valence-electron chi connectivity index (χ1n) is 9.17. The van der Waals surface area contributed by atoms with Gasteiger partial charge in [0.25, 0.3) is 5.91 Å². The maximum absolute atomic E-state index is 12.4. The van der Waals surface area contributed by atoms with E-state index in [1.807, 2.05) is 30.3 Å². The van der Waals surface area contributed by atoms with Crippen LogP contribution in [0.1, 0.15) is 43.7 Å². The van der Waals surface area contributed by atoms with Crippen LogP contribution in [-0.2, 0) is 4.79 Å². The smallest absolute Gasteiger partial charge is 0.250 e. The summed E-state index contributed by atoms with van der Waals surface area (Å²) in [7, 11) is 0. The van der Waals surface area contributed by atoms with E-state index < -0.39 is 0 Å². The van der Waals surface area contributed by atoms with Gasteiger partial charge in [-0.05, 0) is 48.7 Å². The Morgan fingerprint density at radius 3 is 2.65 bits per heavy atom. The zero-order valence-corrected chi connectivity index (χ0v) is 14.6. The van der Waals surface area contributed by atoms with Gasteiger partial charge in [-0.3, -0.25) is 15.1 Å². The first-order chi connectivity index (χ1) is 12.8. The van der Waals surface area contributed by atoms with Crippen LogP contribution in [0.2, 0.25) is 0 Å². The maximum Gasteiger partial charge on any atom is 0.250 e. The summed E-state index contributed by atoms with van der Waals surface area (Å²) >= 11 is 0. The molecule has 132 valence electrons. The van der Waals surface area contributed by atoms with Crippen LogP contribution in [0.3, 0.4) is 0 Å². The van der Waals surface area contributed by atoms with Crippen molar-refractivity contribution < 1.29 is 4.79 Å². The van der Waals surface area contributed by atoms with Crippen LogP contribution < -0.4 is 5.32 Å². The van der Waals surface area contributed by atoms with E-state index in [1.54, 1.807) is 24.5 Å². The van der Waals surface area contributed by atoms with Crippen molar-refractivity contribution in [3.8, 4) is 0 Å². The maximum atomic E-state index is 12.4. The summed E-state index contributed by atoms with van der Waals surface area (Å²) in [6.07, 6.45) is 12.8. The standard InChI is InChI=1S/C21H22N4O/c26-20(11-10-16-12-14-22-15-13-16)24-21-23-18-8-4-5-9-19(18)25(21)17-6-2-1-3-7-17/h4-5,8-15,17H,1-3,6-7H2,(H,23,24,26). The summed E-state index contributed by atoms with van der Waals surface area (Å²) in [5.74, 6) is 0.469. The van der Waals surface area contributed by atoms with Gasteiger partial charge < -0.3 is 4.57 Å². The van der Waals surface area contributed by atoms with Gasteiger partial charge in [-0.25, -0.2) is 4.98 Å². The second-order valence-electron chi connectivity index (χ2n) is 6.69. The van der Waals surface area contributed by atoms with Gasteiger partial charge in [0.15, 0.2) is 0 Å². The number of nitrogens with one attached hydrogen (secondary N) is 1. The average Bonchev–Trinajstić information content (AvgIpc) is 3.05. The molecule has 0 bridgehead atoms. The Morgan fingerprint density at radius 1 is 1.08 bits per heavy atom. The summed E-state index contributed by atoms with van der Waals surface area (Å²) in [6, 6.07) is 12.2. The molecule has 26 heavy (non-hydrogen) atoms. The molecule has 0 saturated heterocycles. The van der Waals surface area contributed by atoms with E-state index in [-0.39, 0.29) is 5.91 Å². The fourth-order valence-corrected chi connectivity index (χ4v) is 3.64. The van der Waals surface area contributed by atoms with E-state index in [0.29, 0.717) is 12.0 Å². The van der Waals surface area contributed by atoms with Gasteiger partial charge >= 0.3 is 0 Å². The van der Waals surface area contributed by atoms with Crippen molar-refractivity contribution in [3.63, 3.8) is 0 Å². The SMILES string of the molecule is O=C(C=Cc1ccncc1)Nc1nc2ccccc2n1C1CCCCC1. The van der Waals surface area contributed by atoms with E-state index in [2.05, 4.69) is 25.9 Å². The predicted octanol–water partition coefficient (Wildman–Crippen LogP) is 4.59. The minimum atomic E-state index is -0.172. The third kappa shape index (κ3) is 3.52. The highest BCUT2D eigenvalue weighted by atomic mass is 16.1. The van der Waals surface area contributed by atoms with Crippen molar-refractivity contribution in [2.75, 3.05) is 5.32 Å². The number of anilines is 1. The van der Waals surface area contributed by atoms with Crippen LogP contribution >= 0.6 is 0 Å². The van der Waals surface area contributed by atoms with Crippen molar-refractivity contribution in [1.82, 2.24) is 14.5 Å². The lowest BCUT2D eigenvalue weighted by molar-refractivity contribution is -0.111. The molecule has 4 rings (SSSR count). The number of para-hydroxylation sites is 2. The Hall–Kier alpha value is -2.95. The number of carbonyl (C=O) groups is 1. The van der Waals surface area contributed by atoms with Crippen molar-refractivity contribution in [2.45, 2.75) is 38.1 Å². The number of hydrogen-bond acceptors (Lipinski definition) is 3. The number of rotatable bonds is 4. The highest BCUT2D eigenvalue weighted by Crippen LogP contribution is 2.34. The Labute approximate surface area is 152 Å². The van der Waals surface area contributed by atoms with E-state index in [0.717, 1.165) is 29.4 Å². The second kappa shape index (κ2) is 7.52. The van der Waals surface area contributed by atoms with E-state index in [4.69, 9.17) is 0 Å². The van der Waals surface area contributed by atoms with Crippen LogP contribution in [-0.4, -0.2) is 20.4 Å². The van der Waals surface area contributed by atoms with Crippen molar-refractivity contribution in [2.24, 2.45) is 0 Å². The highest BCUT2D eigenvalue weighted by molar-refractivity contribution is 6.01. The molecule has 0 spiro atoms. The predicted molar refractivity (Wildman–Crippen MR) is 104 cm³/mol. The van der Waals surface area contributed by atoms with Gasteiger partial charge in [-0.2, -0.15) is 0 Å².